The van der Waals surface area contributed by atoms with Crippen molar-refractivity contribution in [1.29, 1.82) is 0 Å². The highest BCUT2D eigenvalue weighted by atomic mass is 35.5. The van der Waals surface area contributed by atoms with E-state index in [9.17, 15) is 8.42 Å². The van der Waals surface area contributed by atoms with E-state index >= 15 is 0 Å². The van der Waals surface area contributed by atoms with Crippen LogP contribution in [0.15, 0.2) is 28.7 Å². The predicted octanol–water partition coefficient (Wildman–Crippen LogP) is 2.61. The fourth-order valence-corrected chi connectivity index (χ4v) is 6.11. The predicted molar refractivity (Wildman–Crippen MR) is 114 cm³/mol. The first kappa shape index (κ1) is 21.0. The van der Waals surface area contributed by atoms with Crippen LogP contribution in [0.5, 0.6) is 0 Å². The second-order valence-corrected chi connectivity index (χ2v) is 10.9. The molecule has 7 nitrogen and oxygen atoms in total. The highest BCUT2D eigenvalue weighted by Gasteiger charge is 2.29. The molecule has 29 heavy (non-hydrogen) atoms. The third kappa shape index (κ3) is 5.67. The summed E-state index contributed by atoms with van der Waals surface area (Å²) in [7, 11) is -2.89. The maximum Gasteiger partial charge on any atom is 0.288 e. The molecular formula is C19H25ClN4O3S2. The van der Waals surface area contributed by atoms with Crippen LogP contribution in [0.2, 0.25) is 5.02 Å². The minimum Gasteiger partial charge on any atom is -0.414 e. The third-order valence-electron chi connectivity index (χ3n) is 5.56. The molecule has 1 aromatic heterocycles. The summed E-state index contributed by atoms with van der Waals surface area (Å²) in [4.78, 5) is 5.08. The summed E-state index contributed by atoms with van der Waals surface area (Å²) < 4.78 is 30.6. The van der Waals surface area contributed by atoms with Gasteiger partial charge >= 0.3 is 0 Å². The lowest BCUT2D eigenvalue weighted by Crippen LogP contribution is -2.46. The molecule has 0 bridgehead atoms. The standard InChI is InChI=1S/C19H25ClN4O3S2/c20-17-3-1-15(2-4-17)12-22-6-8-23(9-7-22)14-24-19(28)27-18(21-24)11-16-5-10-29(25,26)13-16/h1-4,16H,5-14H2/t16-/m0/s1. The van der Waals surface area contributed by atoms with Crippen molar-refractivity contribution in [2.45, 2.75) is 26.1 Å². The summed E-state index contributed by atoms with van der Waals surface area (Å²) in [5.74, 6) is 1.10. The van der Waals surface area contributed by atoms with E-state index in [1.54, 1.807) is 4.68 Å². The Morgan fingerprint density at radius 2 is 1.83 bits per heavy atom. The van der Waals surface area contributed by atoms with Gasteiger partial charge in [0.05, 0.1) is 18.2 Å². The van der Waals surface area contributed by atoms with Gasteiger partial charge in [-0.15, -0.1) is 5.10 Å². The van der Waals surface area contributed by atoms with E-state index in [2.05, 4.69) is 27.0 Å². The van der Waals surface area contributed by atoms with Crippen molar-refractivity contribution in [3.05, 3.63) is 45.6 Å². The van der Waals surface area contributed by atoms with Crippen LogP contribution in [0, 0.1) is 10.8 Å². The number of hydrogen-bond donors (Lipinski definition) is 0. The number of benzene rings is 1. The Labute approximate surface area is 181 Å². The normalized spacial score (nSPS) is 22.9. The van der Waals surface area contributed by atoms with Gasteiger partial charge in [-0.3, -0.25) is 9.80 Å². The van der Waals surface area contributed by atoms with Crippen molar-refractivity contribution in [2.24, 2.45) is 5.92 Å². The topological polar surface area (TPSA) is 71.6 Å². The second kappa shape index (κ2) is 8.85. The first-order valence-corrected chi connectivity index (χ1v) is 12.4. The lowest BCUT2D eigenvalue weighted by molar-refractivity contribution is 0.0973. The van der Waals surface area contributed by atoms with E-state index in [0.29, 0.717) is 30.2 Å². The molecule has 10 heteroatoms. The van der Waals surface area contributed by atoms with Crippen LogP contribution in [-0.2, 0) is 29.5 Å². The van der Waals surface area contributed by atoms with Gasteiger partial charge in [0.25, 0.3) is 4.84 Å². The minimum absolute atomic E-state index is 0.0814. The zero-order valence-corrected chi connectivity index (χ0v) is 18.6. The number of rotatable bonds is 6. The first-order chi connectivity index (χ1) is 13.9. The van der Waals surface area contributed by atoms with E-state index in [0.717, 1.165) is 37.7 Å². The molecule has 1 aromatic carbocycles. The molecule has 0 unspecified atom stereocenters. The molecule has 0 saturated carbocycles. The molecule has 0 amide bonds. The summed E-state index contributed by atoms with van der Waals surface area (Å²) in [5, 5.41) is 5.25. The summed E-state index contributed by atoms with van der Waals surface area (Å²) in [6, 6.07) is 8.00. The maximum absolute atomic E-state index is 11.6. The van der Waals surface area contributed by atoms with Gasteiger partial charge in [0, 0.05) is 44.2 Å². The number of sulfone groups is 1. The molecule has 0 N–H and O–H groups in total. The number of hydrogen-bond acceptors (Lipinski definition) is 7. The van der Waals surface area contributed by atoms with E-state index in [1.165, 1.54) is 5.56 Å². The number of piperazine rings is 1. The summed E-state index contributed by atoms with van der Waals surface area (Å²) in [5.41, 5.74) is 1.26. The van der Waals surface area contributed by atoms with Gasteiger partial charge in [-0.25, -0.2) is 13.1 Å². The molecule has 2 saturated heterocycles. The van der Waals surface area contributed by atoms with Gasteiger partial charge in [0.1, 0.15) is 0 Å². The molecule has 2 aliphatic rings. The SMILES string of the molecule is O=S1(=O)CC[C@@H](Cc2nn(CN3CCN(Cc4ccc(Cl)cc4)CC3)c(=S)o2)C1. The molecule has 3 heterocycles. The fourth-order valence-electron chi connectivity index (χ4n) is 3.93. The summed E-state index contributed by atoms with van der Waals surface area (Å²) in [6.45, 7) is 5.32. The highest BCUT2D eigenvalue weighted by Crippen LogP contribution is 2.22. The van der Waals surface area contributed by atoms with Crippen LogP contribution >= 0.6 is 23.8 Å². The van der Waals surface area contributed by atoms with Gasteiger partial charge in [-0.2, -0.15) is 0 Å². The van der Waals surface area contributed by atoms with Crippen molar-refractivity contribution >= 4 is 33.7 Å². The quantitative estimate of drug-likeness (QED) is 0.618. The smallest absolute Gasteiger partial charge is 0.288 e. The van der Waals surface area contributed by atoms with Crippen molar-refractivity contribution in [2.75, 3.05) is 37.7 Å². The number of nitrogens with zero attached hydrogens (tertiary/aromatic N) is 4. The Morgan fingerprint density at radius 3 is 2.48 bits per heavy atom. The maximum atomic E-state index is 11.6. The zero-order chi connectivity index (χ0) is 20.4. The molecule has 0 radical (unpaired) electrons. The minimum atomic E-state index is -2.89. The van der Waals surface area contributed by atoms with Crippen molar-refractivity contribution < 1.29 is 12.8 Å². The summed E-state index contributed by atoms with van der Waals surface area (Å²) >= 11 is 11.3. The Balaban J connectivity index is 1.27. The van der Waals surface area contributed by atoms with Gasteiger partial charge in [-0.05, 0) is 42.3 Å². The van der Waals surface area contributed by atoms with Crippen LogP contribution < -0.4 is 0 Å². The molecule has 1 atom stereocenters. The Bertz CT molecular complexity index is 995. The van der Waals surface area contributed by atoms with Crippen molar-refractivity contribution in [3.8, 4) is 0 Å². The fraction of sp³-hybridized carbons (Fsp3) is 0.579. The highest BCUT2D eigenvalue weighted by molar-refractivity contribution is 7.91. The Morgan fingerprint density at radius 1 is 1.14 bits per heavy atom. The Hall–Kier alpha value is -1.26. The largest absolute Gasteiger partial charge is 0.414 e. The van der Waals surface area contributed by atoms with Crippen LogP contribution in [0.1, 0.15) is 17.9 Å². The molecule has 158 valence electrons. The Kier molecular flexibility index (Phi) is 6.41. The molecule has 0 spiro atoms. The average molecular weight is 457 g/mol. The molecular weight excluding hydrogens is 432 g/mol. The van der Waals surface area contributed by atoms with Gasteiger partial charge in [0.15, 0.2) is 9.84 Å². The molecule has 2 aliphatic heterocycles. The average Bonchev–Trinajstić information content (AvgIpc) is 3.20. The van der Waals surface area contributed by atoms with Crippen molar-refractivity contribution in [3.63, 3.8) is 0 Å². The molecule has 2 fully saturated rings. The van der Waals surface area contributed by atoms with Crippen LogP contribution in [0.25, 0.3) is 0 Å². The third-order valence-corrected chi connectivity index (χ3v) is 7.94. The zero-order valence-electron chi connectivity index (χ0n) is 16.2. The lowest BCUT2D eigenvalue weighted by atomic mass is 10.1. The lowest BCUT2D eigenvalue weighted by Gasteiger charge is -2.34. The number of halogens is 1. The van der Waals surface area contributed by atoms with E-state index < -0.39 is 9.84 Å². The van der Waals surface area contributed by atoms with Crippen LogP contribution in [-0.4, -0.2) is 65.7 Å². The first-order valence-electron chi connectivity index (χ1n) is 9.83. The van der Waals surface area contributed by atoms with E-state index in [1.807, 2.05) is 12.1 Å². The monoisotopic (exact) mass is 456 g/mol. The van der Waals surface area contributed by atoms with E-state index in [-0.39, 0.29) is 17.4 Å². The molecule has 4 rings (SSSR count). The van der Waals surface area contributed by atoms with Gasteiger partial charge in [-0.1, -0.05) is 23.7 Å². The summed E-state index contributed by atoms with van der Waals surface area (Å²) in [6.07, 6.45) is 1.21. The van der Waals surface area contributed by atoms with Crippen LogP contribution in [0.4, 0.5) is 0 Å². The number of aromatic nitrogens is 2. The molecule has 0 aliphatic carbocycles. The van der Waals surface area contributed by atoms with Gasteiger partial charge < -0.3 is 4.42 Å². The van der Waals surface area contributed by atoms with Crippen LogP contribution in [0.3, 0.4) is 0 Å². The van der Waals surface area contributed by atoms with E-state index in [4.69, 9.17) is 28.2 Å². The second-order valence-electron chi connectivity index (χ2n) is 7.90. The van der Waals surface area contributed by atoms with Gasteiger partial charge in [0.2, 0.25) is 5.89 Å². The van der Waals surface area contributed by atoms with Crippen molar-refractivity contribution in [1.82, 2.24) is 19.6 Å². The molecule has 2 aromatic rings.